The van der Waals surface area contributed by atoms with Gasteiger partial charge in [-0.05, 0) is 24.6 Å². The third kappa shape index (κ3) is 3.65. The lowest BCUT2D eigenvalue weighted by Crippen LogP contribution is -2.33. The molecule has 1 aromatic heterocycles. The fourth-order valence-corrected chi connectivity index (χ4v) is 2.02. The second kappa shape index (κ2) is 6.91. The molecule has 8 heteroatoms. The molecule has 0 saturated heterocycles. The van der Waals surface area contributed by atoms with Crippen molar-refractivity contribution in [2.75, 3.05) is 7.11 Å². The molecule has 0 fully saturated rings. The SMILES string of the molecule is CCn1cc(C(=O)N[C@H](C(=O)O)c2ccc(OC)c(F)c2)cn1. The minimum absolute atomic E-state index is 0.00608. The van der Waals surface area contributed by atoms with E-state index in [2.05, 4.69) is 10.4 Å². The molecule has 0 bridgehead atoms. The standard InChI is InChI=1S/C15H16FN3O4/c1-3-19-8-10(7-17-19)14(20)18-13(15(21)22)9-4-5-12(23-2)11(16)6-9/h4-8,13H,3H2,1-2H3,(H,18,20)(H,21,22)/t13-/m0/s1. The number of hydrogen-bond acceptors (Lipinski definition) is 4. The summed E-state index contributed by atoms with van der Waals surface area (Å²) in [7, 11) is 1.31. The van der Waals surface area contributed by atoms with Gasteiger partial charge in [-0.3, -0.25) is 9.48 Å². The van der Waals surface area contributed by atoms with Gasteiger partial charge in [0.1, 0.15) is 0 Å². The van der Waals surface area contributed by atoms with Crippen molar-refractivity contribution in [1.82, 2.24) is 15.1 Å². The zero-order chi connectivity index (χ0) is 17.0. The van der Waals surface area contributed by atoms with Gasteiger partial charge in [0.15, 0.2) is 17.6 Å². The molecule has 0 aliphatic rings. The van der Waals surface area contributed by atoms with Crippen LogP contribution in [0.15, 0.2) is 30.6 Å². The summed E-state index contributed by atoms with van der Waals surface area (Å²) in [6.07, 6.45) is 2.84. The fourth-order valence-electron chi connectivity index (χ4n) is 2.02. The number of carboxylic acids is 1. The van der Waals surface area contributed by atoms with Crippen molar-refractivity contribution in [1.29, 1.82) is 0 Å². The Morgan fingerprint density at radius 3 is 2.74 bits per heavy atom. The van der Waals surface area contributed by atoms with E-state index in [9.17, 15) is 19.1 Å². The maximum atomic E-state index is 13.7. The van der Waals surface area contributed by atoms with Crippen LogP contribution in [-0.4, -0.2) is 33.9 Å². The highest BCUT2D eigenvalue weighted by Gasteiger charge is 2.24. The highest BCUT2D eigenvalue weighted by Crippen LogP contribution is 2.22. The Morgan fingerprint density at radius 1 is 1.48 bits per heavy atom. The van der Waals surface area contributed by atoms with Crippen LogP contribution in [0.1, 0.15) is 28.9 Å². The average molecular weight is 321 g/mol. The number of benzene rings is 1. The topological polar surface area (TPSA) is 93.5 Å². The number of hydrogen-bond donors (Lipinski definition) is 2. The molecule has 0 radical (unpaired) electrons. The number of nitrogens with zero attached hydrogens (tertiary/aromatic N) is 2. The predicted molar refractivity (Wildman–Crippen MR) is 78.7 cm³/mol. The van der Waals surface area contributed by atoms with Crippen molar-refractivity contribution in [3.8, 4) is 5.75 Å². The van der Waals surface area contributed by atoms with E-state index in [1.165, 1.54) is 36.3 Å². The van der Waals surface area contributed by atoms with Gasteiger partial charge in [0.2, 0.25) is 0 Å². The van der Waals surface area contributed by atoms with E-state index < -0.39 is 23.7 Å². The molecule has 0 spiro atoms. The maximum Gasteiger partial charge on any atom is 0.330 e. The Bertz CT molecular complexity index is 729. The van der Waals surface area contributed by atoms with E-state index >= 15 is 0 Å². The minimum Gasteiger partial charge on any atom is -0.494 e. The number of ether oxygens (including phenoxy) is 1. The monoisotopic (exact) mass is 321 g/mol. The summed E-state index contributed by atoms with van der Waals surface area (Å²) < 4.78 is 20.1. The van der Waals surface area contributed by atoms with Gasteiger partial charge in [-0.25, -0.2) is 9.18 Å². The van der Waals surface area contributed by atoms with Gasteiger partial charge in [0, 0.05) is 12.7 Å². The molecular weight excluding hydrogens is 305 g/mol. The van der Waals surface area contributed by atoms with Gasteiger partial charge in [0.25, 0.3) is 5.91 Å². The molecule has 23 heavy (non-hydrogen) atoms. The van der Waals surface area contributed by atoms with Crippen LogP contribution in [-0.2, 0) is 11.3 Å². The predicted octanol–water partition coefficient (Wildman–Crippen LogP) is 1.61. The van der Waals surface area contributed by atoms with Crippen LogP contribution in [0, 0.1) is 5.82 Å². The first-order valence-electron chi connectivity index (χ1n) is 6.85. The third-order valence-corrected chi connectivity index (χ3v) is 3.25. The van der Waals surface area contributed by atoms with Gasteiger partial charge < -0.3 is 15.2 Å². The van der Waals surface area contributed by atoms with Crippen LogP contribution >= 0.6 is 0 Å². The highest BCUT2D eigenvalue weighted by atomic mass is 19.1. The molecule has 7 nitrogen and oxygen atoms in total. The Hall–Kier alpha value is -2.90. The fraction of sp³-hybridized carbons (Fsp3) is 0.267. The van der Waals surface area contributed by atoms with Crippen molar-refractivity contribution >= 4 is 11.9 Å². The van der Waals surface area contributed by atoms with Crippen molar-refractivity contribution in [3.05, 3.63) is 47.5 Å². The number of carbonyl (C=O) groups is 2. The average Bonchev–Trinajstić information content (AvgIpc) is 3.01. The third-order valence-electron chi connectivity index (χ3n) is 3.25. The first-order chi connectivity index (χ1) is 11.0. The van der Waals surface area contributed by atoms with Crippen molar-refractivity contribution in [2.24, 2.45) is 0 Å². The number of aromatic nitrogens is 2. The van der Waals surface area contributed by atoms with Gasteiger partial charge >= 0.3 is 5.97 Å². The van der Waals surface area contributed by atoms with Crippen LogP contribution in [0.2, 0.25) is 0 Å². The van der Waals surface area contributed by atoms with E-state index in [1.54, 1.807) is 0 Å². The normalized spacial score (nSPS) is 11.8. The van der Waals surface area contributed by atoms with E-state index in [1.807, 2.05) is 6.92 Å². The van der Waals surface area contributed by atoms with Gasteiger partial charge in [-0.1, -0.05) is 6.07 Å². The number of carbonyl (C=O) groups excluding carboxylic acids is 1. The second-order valence-corrected chi connectivity index (χ2v) is 4.72. The molecule has 0 unspecified atom stereocenters. The molecule has 0 saturated carbocycles. The number of halogens is 1. The molecule has 122 valence electrons. The van der Waals surface area contributed by atoms with Crippen molar-refractivity contribution < 1.29 is 23.8 Å². The Balaban J connectivity index is 2.23. The van der Waals surface area contributed by atoms with E-state index in [0.717, 1.165) is 6.07 Å². The minimum atomic E-state index is -1.38. The number of methoxy groups -OCH3 is 1. The molecular formula is C15H16FN3O4. The summed E-state index contributed by atoms with van der Waals surface area (Å²) in [5.74, 6) is -2.61. The molecule has 0 aliphatic carbocycles. The molecule has 1 aromatic carbocycles. The summed E-state index contributed by atoms with van der Waals surface area (Å²) in [5.41, 5.74) is 0.333. The van der Waals surface area contributed by atoms with Crippen molar-refractivity contribution in [3.63, 3.8) is 0 Å². The van der Waals surface area contributed by atoms with Crippen LogP contribution in [0.25, 0.3) is 0 Å². The smallest absolute Gasteiger partial charge is 0.330 e. The number of rotatable bonds is 6. The van der Waals surface area contributed by atoms with Crippen LogP contribution in [0.5, 0.6) is 5.75 Å². The zero-order valence-electron chi connectivity index (χ0n) is 12.6. The van der Waals surface area contributed by atoms with E-state index in [-0.39, 0.29) is 16.9 Å². The van der Waals surface area contributed by atoms with Gasteiger partial charge in [-0.15, -0.1) is 0 Å². The van der Waals surface area contributed by atoms with Crippen molar-refractivity contribution in [2.45, 2.75) is 19.5 Å². The molecule has 1 heterocycles. The van der Waals surface area contributed by atoms with E-state index in [0.29, 0.717) is 6.54 Å². The maximum absolute atomic E-state index is 13.7. The number of aryl methyl sites for hydroxylation is 1. The number of nitrogens with one attached hydrogen (secondary N) is 1. The molecule has 2 N–H and O–H groups in total. The lowest BCUT2D eigenvalue weighted by atomic mass is 10.1. The summed E-state index contributed by atoms with van der Waals surface area (Å²) in [5, 5.41) is 15.6. The molecule has 0 aliphatic heterocycles. The number of aliphatic carboxylic acids is 1. The van der Waals surface area contributed by atoms with Crippen LogP contribution < -0.4 is 10.1 Å². The largest absolute Gasteiger partial charge is 0.494 e. The quantitative estimate of drug-likeness (QED) is 0.843. The lowest BCUT2D eigenvalue weighted by Gasteiger charge is -2.15. The van der Waals surface area contributed by atoms with Gasteiger partial charge in [-0.2, -0.15) is 5.10 Å². The summed E-state index contributed by atoms with van der Waals surface area (Å²) in [6.45, 7) is 2.44. The Kier molecular flexibility index (Phi) is 4.95. The summed E-state index contributed by atoms with van der Waals surface area (Å²) in [6, 6.07) is 2.33. The number of amides is 1. The lowest BCUT2D eigenvalue weighted by molar-refractivity contribution is -0.139. The van der Waals surface area contributed by atoms with Crippen LogP contribution in [0.4, 0.5) is 4.39 Å². The molecule has 1 amide bonds. The summed E-state index contributed by atoms with van der Waals surface area (Å²) >= 11 is 0. The van der Waals surface area contributed by atoms with E-state index in [4.69, 9.17) is 4.74 Å². The zero-order valence-corrected chi connectivity index (χ0v) is 12.6. The molecule has 1 atom stereocenters. The van der Waals surface area contributed by atoms with Gasteiger partial charge in [0.05, 0.1) is 18.9 Å². The summed E-state index contributed by atoms with van der Waals surface area (Å²) in [4.78, 5) is 23.5. The Morgan fingerprint density at radius 2 is 2.22 bits per heavy atom. The highest BCUT2D eigenvalue weighted by molar-refractivity contribution is 5.96. The second-order valence-electron chi connectivity index (χ2n) is 4.72. The Labute approximate surface area is 131 Å². The first kappa shape index (κ1) is 16.5. The first-order valence-corrected chi connectivity index (χ1v) is 6.85. The van der Waals surface area contributed by atoms with Crippen LogP contribution in [0.3, 0.4) is 0 Å². The molecule has 2 aromatic rings. The molecule has 2 rings (SSSR count). The number of carboxylic acid groups (broad SMARTS) is 1.